The molecule has 1 aliphatic carbocycles. The first kappa shape index (κ1) is 11.3. The summed E-state index contributed by atoms with van der Waals surface area (Å²) in [5.41, 5.74) is 9.50. The van der Waals surface area contributed by atoms with Gasteiger partial charge >= 0.3 is 0 Å². The molecule has 0 spiro atoms. The van der Waals surface area contributed by atoms with Crippen LogP contribution in [0.2, 0.25) is 0 Å². The van der Waals surface area contributed by atoms with Gasteiger partial charge in [-0.25, -0.2) is 9.97 Å². The normalized spacial score (nSPS) is 16.7. The predicted octanol–water partition coefficient (Wildman–Crippen LogP) is 2.20. The summed E-state index contributed by atoms with van der Waals surface area (Å²) in [6, 6.07) is 7.88. The molecule has 0 saturated heterocycles. The lowest BCUT2D eigenvalue weighted by Gasteiger charge is -2.13. The minimum absolute atomic E-state index is 0.113. The van der Waals surface area contributed by atoms with Crippen LogP contribution in [0.15, 0.2) is 24.3 Å². The Bertz CT molecular complexity index is 589. The minimum Gasteiger partial charge on any atom is -0.329 e. The number of hydrogen-bond donors (Lipinski definition) is 2. The van der Waals surface area contributed by atoms with Crippen molar-refractivity contribution >= 4 is 17.2 Å². The fourth-order valence-electron chi connectivity index (χ4n) is 2.22. The highest BCUT2D eigenvalue weighted by Crippen LogP contribution is 2.41. The Hall–Kier alpha value is -1.81. The van der Waals surface area contributed by atoms with Crippen LogP contribution in [0.5, 0.6) is 0 Å². The van der Waals surface area contributed by atoms with Gasteiger partial charge in [-0.05, 0) is 25.0 Å². The van der Waals surface area contributed by atoms with E-state index in [0.29, 0.717) is 12.5 Å². The van der Waals surface area contributed by atoms with E-state index < -0.39 is 0 Å². The van der Waals surface area contributed by atoms with Crippen molar-refractivity contribution in [3.8, 4) is 0 Å². The van der Waals surface area contributed by atoms with E-state index in [4.69, 9.17) is 16.1 Å². The summed E-state index contributed by atoms with van der Waals surface area (Å²) in [7, 11) is 0. The van der Waals surface area contributed by atoms with Crippen LogP contribution >= 0.6 is 0 Å². The molecule has 3 rings (SSSR count). The molecule has 1 aromatic heterocycles. The van der Waals surface area contributed by atoms with Gasteiger partial charge in [0.15, 0.2) is 0 Å². The number of fused-ring (bicyclic) bond motifs is 1. The third kappa shape index (κ3) is 1.88. The molecular weight excluding hydrogens is 224 g/mol. The average Bonchev–Trinajstić information content (AvgIpc) is 3.24. The Morgan fingerprint density at radius 2 is 1.94 bits per heavy atom. The third-order valence-corrected chi connectivity index (χ3v) is 3.40. The monoisotopic (exact) mass is 240 g/mol. The molecule has 3 N–H and O–H groups in total. The molecule has 2 aromatic rings. The largest absolute Gasteiger partial charge is 0.329 e. The molecular formula is C14H16N4. The zero-order valence-electron chi connectivity index (χ0n) is 10.1. The van der Waals surface area contributed by atoms with Crippen molar-refractivity contribution < 1.29 is 0 Å². The van der Waals surface area contributed by atoms with Gasteiger partial charge in [-0.3, -0.25) is 0 Å². The topological polar surface area (TPSA) is 75.7 Å². The highest BCUT2D eigenvalue weighted by molar-refractivity contribution is 5.76. The molecule has 0 radical (unpaired) electrons. The van der Waals surface area contributed by atoms with Gasteiger partial charge in [0.1, 0.15) is 0 Å². The van der Waals surface area contributed by atoms with Gasteiger partial charge in [0.2, 0.25) is 0 Å². The Morgan fingerprint density at radius 1 is 1.28 bits per heavy atom. The maximum atomic E-state index is 7.49. The van der Waals surface area contributed by atoms with Crippen LogP contribution in [0.1, 0.15) is 36.1 Å². The smallest absolute Gasteiger partial charge is 0.0890 e. The fraction of sp³-hybridized carbons (Fsp3) is 0.357. The zero-order chi connectivity index (χ0) is 12.5. The van der Waals surface area contributed by atoms with Gasteiger partial charge in [0.05, 0.1) is 28.3 Å². The second-order valence-corrected chi connectivity index (χ2v) is 4.77. The van der Waals surface area contributed by atoms with E-state index in [1.165, 1.54) is 19.1 Å². The molecule has 1 saturated carbocycles. The summed E-state index contributed by atoms with van der Waals surface area (Å²) >= 11 is 0. The SMILES string of the molecule is N=CC(CN)c1nc2ccccc2nc1C1CC1. The van der Waals surface area contributed by atoms with E-state index in [-0.39, 0.29) is 5.92 Å². The van der Waals surface area contributed by atoms with E-state index in [1.807, 2.05) is 24.3 Å². The summed E-state index contributed by atoms with van der Waals surface area (Å²) in [5, 5.41) is 7.49. The van der Waals surface area contributed by atoms with Crippen LogP contribution in [0.4, 0.5) is 0 Å². The van der Waals surface area contributed by atoms with Gasteiger partial charge in [-0.1, -0.05) is 12.1 Å². The summed E-state index contributed by atoms with van der Waals surface area (Å²) in [5.74, 6) is 0.406. The lowest BCUT2D eigenvalue weighted by atomic mass is 10.0. The van der Waals surface area contributed by atoms with E-state index in [2.05, 4.69) is 4.98 Å². The number of para-hydroxylation sites is 2. The third-order valence-electron chi connectivity index (χ3n) is 3.40. The molecule has 1 aliphatic rings. The van der Waals surface area contributed by atoms with Crippen LogP contribution in [-0.4, -0.2) is 22.7 Å². The number of aromatic nitrogens is 2. The number of benzene rings is 1. The van der Waals surface area contributed by atoms with E-state index >= 15 is 0 Å². The molecule has 1 heterocycles. The molecule has 1 unspecified atom stereocenters. The van der Waals surface area contributed by atoms with Gasteiger partial charge in [-0.15, -0.1) is 0 Å². The summed E-state index contributed by atoms with van der Waals surface area (Å²) in [6.07, 6.45) is 3.73. The minimum atomic E-state index is -0.113. The van der Waals surface area contributed by atoms with Crippen molar-refractivity contribution in [2.75, 3.05) is 6.54 Å². The second kappa shape index (κ2) is 4.46. The number of nitrogens with two attached hydrogens (primary N) is 1. The number of nitrogens with one attached hydrogen (secondary N) is 1. The molecule has 4 nitrogen and oxygen atoms in total. The first-order valence-corrected chi connectivity index (χ1v) is 6.30. The van der Waals surface area contributed by atoms with Crippen molar-refractivity contribution in [3.05, 3.63) is 35.7 Å². The van der Waals surface area contributed by atoms with Crippen molar-refractivity contribution in [1.29, 1.82) is 5.41 Å². The van der Waals surface area contributed by atoms with Gasteiger partial charge in [-0.2, -0.15) is 0 Å². The number of rotatable bonds is 4. The molecule has 1 atom stereocenters. The lowest BCUT2D eigenvalue weighted by molar-refractivity contribution is 0.823. The Balaban J connectivity index is 2.20. The molecule has 1 aromatic carbocycles. The number of nitrogens with zero attached hydrogens (tertiary/aromatic N) is 2. The molecule has 18 heavy (non-hydrogen) atoms. The van der Waals surface area contributed by atoms with Gasteiger partial charge < -0.3 is 11.1 Å². The maximum Gasteiger partial charge on any atom is 0.0890 e. The van der Waals surface area contributed by atoms with Crippen molar-refractivity contribution in [3.63, 3.8) is 0 Å². The van der Waals surface area contributed by atoms with E-state index in [1.54, 1.807) is 0 Å². The molecule has 0 aliphatic heterocycles. The Kier molecular flexibility index (Phi) is 2.80. The highest BCUT2D eigenvalue weighted by Gasteiger charge is 2.30. The summed E-state index contributed by atoms with van der Waals surface area (Å²) in [6.45, 7) is 0.413. The lowest BCUT2D eigenvalue weighted by Crippen LogP contribution is -2.17. The zero-order valence-corrected chi connectivity index (χ0v) is 10.1. The van der Waals surface area contributed by atoms with Crippen molar-refractivity contribution in [1.82, 2.24) is 9.97 Å². The van der Waals surface area contributed by atoms with E-state index in [0.717, 1.165) is 22.4 Å². The van der Waals surface area contributed by atoms with Crippen molar-refractivity contribution in [2.24, 2.45) is 5.73 Å². The summed E-state index contributed by atoms with van der Waals surface area (Å²) in [4.78, 5) is 9.42. The van der Waals surface area contributed by atoms with Crippen LogP contribution in [0, 0.1) is 5.41 Å². The molecule has 0 amide bonds. The average molecular weight is 240 g/mol. The second-order valence-electron chi connectivity index (χ2n) is 4.77. The highest BCUT2D eigenvalue weighted by atomic mass is 14.9. The molecule has 92 valence electrons. The van der Waals surface area contributed by atoms with Gasteiger partial charge in [0, 0.05) is 18.7 Å². The van der Waals surface area contributed by atoms with Crippen LogP contribution in [0.3, 0.4) is 0 Å². The molecule has 1 fully saturated rings. The van der Waals surface area contributed by atoms with Crippen LogP contribution in [0.25, 0.3) is 11.0 Å². The maximum absolute atomic E-state index is 7.49. The standard InChI is InChI=1S/C14H16N4/c15-7-10(8-16)14-13(9-5-6-9)17-11-3-1-2-4-12(11)18-14/h1-4,7,9-10,15H,5-6,8,16H2. The Morgan fingerprint density at radius 3 is 2.50 bits per heavy atom. The van der Waals surface area contributed by atoms with E-state index in [9.17, 15) is 0 Å². The predicted molar refractivity (Wildman–Crippen MR) is 72.1 cm³/mol. The first-order valence-electron chi connectivity index (χ1n) is 6.30. The summed E-state index contributed by atoms with van der Waals surface area (Å²) < 4.78 is 0. The van der Waals surface area contributed by atoms with Crippen LogP contribution < -0.4 is 5.73 Å². The Labute approximate surface area is 106 Å². The fourth-order valence-corrected chi connectivity index (χ4v) is 2.22. The molecule has 0 bridgehead atoms. The van der Waals surface area contributed by atoms with Crippen LogP contribution in [-0.2, 0) is 0 Å². The number of hydrogen-bond acceptors (Lipinski definition) is 4. The van der Waals surface area contributed by atoms with Gasteiger partial charge in [0.25, 0.3) is 0 Å². The quantitative estimate of drug-likeness (QED) is 0.804. The molecule has 4 heteroatoms. The van der Waals surface area contributed by atoms with Crippen molar-refractivity contribution in [2.45, 2.75) is 24.7 Å². The first-order chi connectivity index (χ1) is 8.83.